The molecule has 0 bridgehead atoms. The smallest absolute Gasteiger partial charge is 0.219 e. The Morgan fingerprint density at radius 3 is 2.88 bits per heavy atom. The van der Waals surface area contributed by atoms with E-state index < -0.39 is 0 Å². The molecule has 0 unspecified atom stereocenters. The zero-order valence-corrected chi connectivity index (χ0v) is 10.2. The maximum Gasteiger partial charge on any atom is 0.219 e. The van der Waals surface area contributed by atoms with Gasteiger partial charge in [-0.25, -0.2) is 4.68 Å². The third kappa shape index (κ3) is 1.90. The van der Waals surface area contributed by atoms with Crippen molar-refractivity contribution in [3.05, 3.63) is 23.8 Å². The lowest BCUT2D eigenvalue weighted by Gasteiger charge is -2.04. The van der Waals surface area contributed by atoms with Crippen molar-refractivity contribution in [2.75, 3.05) is 7.11 Å². The largest absolute Gasteiger partial charge is 0.481 e. The number of fused-ring (bicyclic) bond motifs is 1. The zero-order chi connectivity index (χ0) is 11.5. The van der Waals surface area contributed by atoms with Crippen LogP contribution >= 0.6 is 0 Å². The normalized spacial score (nSPS) is 10.9. The van der Waals surface area contributed by atoms with Crippen LogP contribution in [0.5, 0.6) is 5.88 Å². The Labute approximate surface area is 96.0 Å². The lowest BCUT2D eigenvalue weighted by Crippen LogP contribution is -2.02. The van der Waals surface area contributed by atoms with Crippen LogP contribution in [0.1, 0.15) is 25.3 Å². The van der Waals surface area contributed by atoms with E-state index in [1.54, 1.807) is 7.11 Å². The Morgan fingerprint density at radius 2 is 2.19 bits per heavy atom. The van der Waals surface area contributed by atoms with Gasteiger partial charge in [-0.1, -0.05) is 25.0 Å². The van der Waals surface area contributed by atoms with Gasteiger partial charge in [-0.15, -0.1) is 0 Å². The predicted octanol–water partition coefficient (Wildman–Crippen LogP) is 3.15. The van der Waals surface area contributed by atoms with E-state index in [1.807, 2.05) is 4.68 Å². The molecule has 1 aromatic heterocycles. The van der Waals surface area contributed by atoms with Gasteiger partial charge in [0.25, 0.3) is 0 Å². The first-order chi connectivity index (χ1) is 7.76. The summed E-state index contributed by atoms with van der Waals surface area (Å²) in [4.78, 5) is 0. The Balaban J connectivity index is 2.49. The van der Waals surface area contributed by atoms with Crippen molar-refractivity contribution >= 4 is 10.9 Å². The van der Waals surface area contributed by atoms with E-state index in [0.29, 0.717) is 0 Å². The van der Waals surface area contributed by atoms with E-state index in [0.717, 1.165) is 29.7 Å². The van der Waals surface area contributed by atoms with Crippen LogP contribution in [0.25, 0.3) is 10.9 Å². The maximum absolute atomic E-state index is 5.45. The highest BCUT2D eigenvalue weighted by molar-refractivity contribution is 5.84. The predicted molar refractivity (Wildman–Crippen MR) is 65.9 cm³/mol. The summed E-state index contributed by atoms with van der Waals surface area (Å²) in [5, 5.41) is 5.66. The molecule has 0 radical (unpaired) electrons. The summed E-state index contributed by atoms with van der Waals surface area (Å²) in [6.45, 7) is 5.19. The van der Waals surface area contributed by atoms with Crippen molar-refractivity contribution in [1.82, 2.24) is 9.78 Å². The van der Waals surface area contributed by atoms with Crippen molar-refractivity contribution in [2.45, 2.75) is 33.2 Å². The third-order valence-corrected chi connectivity index (χ3v) is 2.76. The average Bonchev–Trinajstić information content (AvgIpc) is 2.63. The number of hydrogen-bond acceptors (Lipinski definition) is 2. The van der Waals surface area contributed by atoms with E-state index in [-0.39, 0.29) is 0 Å². The molecule has 0 N–H and O–H groups in total. The molecular weight excluding hydrogens is 200 g/mol. The molecule has 1 aromatic carbocycles. The third-order valence-electron chi connectivity index (χ3n) is 2.76. The molecule has 0 aliphatic rings. The van der Waals surface area contributed by atoms with Crippen molar-refractivity contribution in [1.29, 1.82) is 0 Å². The zero-order valence-electron chi connectivity index (χ0n) is 10.2. The highest BCUT2D eigenvalue weighted by Crippen LogP contribution is 2.26. The molecule has 86 valence electrons. The fourth-order valence-electron chi connectivity index (χ4n) is 1.90. The number of hydrogen-bond donors (Lipinski definition) is 0. The van der Waals surface area contributed by atoms with Gasteiger partial charge in [-0.05, 0) is 25.5 Å². The Bertz CT molecular complexity index is 488. The highest BCUT2D eigenvalue weighted by atomic mass is 16.5. The minimum Gasteiger partial charge on any atom is -0.481 e. The average molecular weight is 218 g/mol. The number of rotatable bonds is 4. The summed E-state index contributed by atoms with van der Waals surface area (Å²) in [5.74, 6) is 0.882. The molecule has 2 aromatic rings. The van der Waals surface area contributed by atoms with Gasteiger partial charge >= 0.3 is 0 Å². The number of aromatic nitrogens is 2. The molecule has 0 aliphatic heterocycles. The van der Waals surface area contributed by atoms with Crippen molar-refractivity contribution in [3.63, 3.8) is 0 Å². The maximum atomic E-state index is 5.45. The number of unbranched alkanes of at least 4 members (excludes halogenated alkanes) is 1. The topological polar surface area (TPSA) is 27.1 Å². The van der Waals surface area contributed by atoms with Gasteiger partial charge in [-0.2, -0.15) is 5.10 Å². The number of ether oxygens (including phenoxy) is 1. The van der Waals surface area contributed by atoms with Crippen LogP contribution in [0.15, 0.2) is 18.2 Å². The first kappa shape index (κ1) is 11.0. The van der Waals surface area contributed by atoms with Gasteiger partial charge in [0.05, 0.1) is 18.0 Å². The quantitative estimate of drug-likeness (QED) is 0.788. The minimum absolute atomic E-state index is 0.882. The van der Waals surface area contributed by atoms with Crippen molar-refractivity contribution in [2.24, 2.45) is 0 Å². The Morgan fingerprint density at radius 1 is 1.38 bits per heavy atom. The standard InChI is InChI=1S/C13H18N2O/c1-4-5-8-15-13(16-3)11-9-10(2)6-7-12(11)14-15/h6-7,9H,4-5,8H2,1-3H3. The van der Waals surface area contributed by atoms with Gasteiger partial charge in [0, 0.05) is 6.54 Å². The molecule has 3 heteroatoms. The number of nitrogens with zero attached hydrogens (tertiary/aromatic N) is 2. The molecule has 0 fully saturated rings. The monoisotopic (exact) mass is 218 g/mol. The van der Waals surface area contributed by atoms with Crippen LogP contribution in [0.3, 0.4) is 0 Å². The summed E-state index contributed by atoms with van der Waals surface area (Å²) in [6, 6.07) is 6.26. The molecular formula is C13H18N2O. The van der Waals surface area contributed by atoms with Gasteiger partial charge in [0.1, 0.15) is 0 Å². The summed E-state index contributed by atoms with van der Waals surface area (Å²) >= 11 is 0. The molecule has 0 spiro atoms. The van der Waals surface area contributed by atoms with Gasteiger partial charge in [0.2, 0.25) is 5.88 Å². The van der Waals surface area contributed by atoms with E-state index >= 15 is 0 Å². The molecule has 16 heavy (non-hydrogen) atoms. The summed E-state index contributed by atoms with van der Waals surface area (Å²) < 4.78 is 7.42. The number of methoxy groups -OCH3 is 1. The van der Waals surface area contributed by atoms with Gasteiger partial charge in [-0.3, -0.25) is 0 Å². The van der Waals surface area contributed by atoms with Crippen LogP contribution in [0.2, 0.25) is 0 Å². The number of benzene rings is 1. The van der Waals surface area contributed by atoms with E-state index in [9.17, 15) is 0 Å². The lowest BCUT2D eigenvalue weighted by molar-refractivity contribution is 0.361. The second kappa shape index (κ2) is 4.56. The lowest BCUT2D eigenvalue weighted by atomic mass is 10.2. The second-order valence-corrected chi connectivity index (χ2v) is 4.11. The van der Waals surface area contributed by atoms with Crippen LogP contribution in [0.4, 0.5) is 0 Å². The first-order valence-corrected chi connectivity index (χ1v) is 5.77. The molecule has 3 nitrogen and oxygen atoms in total. The van der Waals surface area contributed by atoms with Crippen LogP contribution in [0, 0.1) is 6.92 Å². The number of aryl methyl sites for hydroxylation is 2. The molecule has 0 atom stereocenters. The minimum atomic E-state index is 0.882. The van der Waals surface area contributed by atoms with E-state index in [4.69, 9.17) is 4.74 Å². The molecule has 0 saturated heterocycles. The van der Waals surface area contributed by atoms with E-state index in [1.165, 1.54) is 12.0 Å². The molecule has 2 rings (SSSR count). The summed E-state index contributed by atoms with van der Waals surface area (Å²) in [6.07, 6.45) is 2.29. The SMILES string of the molecule is CCCCn1nc2ccc(C)cc2c1OC. The van der Waals surface area contributed by atoms with Crippen LogP contribution < -0.4 is 4.74 Å². The fraction of sp³-hybridized carbons (Fsp3) is 0.462. The van der Waals surface area contributed by atoms with Crippen molar-refractivity contribution in [3.8, 4) is 5.88 Å². The Hall–Kier alpha value is -1.51. The van der Waals surface area contributed by atoms with Crippen LogP contribution in [-0.2, 0) is 6.54 Å². The molecule has 1 heterocycles. The molecule has 0 amide bonds. The van der Waals surface area contributed by atoms with Crippen molar-refractivity contribution < 1.29 is 4.74 Å². The summed E-state index contributed by atoms with van der Waals surface area (Å²) in [7, 11) is 1.71. The second-order valence-electron chi connectivity index (χ2n) is 4.11. The molecule has 0 aliphatic carbocycles. The fourth-order valence-corrected chi connectivity index (χ4v) is 1.90. The first-order valence-electron chi connectivity index (χ1n) is 5.77. The van der Waals surface area contributed by atoms with Gasteiger partial charge in [0.15, 0.2) is 0 Å². The molecule has 0 saturated carbocycles. The van der Waals surface area contributed by atoms with Gasteiger partial charge < -0.3 is 4.74 Å². The van der Waals surface area contributed by atoms with Crippen LogP contribution in [-0.4, -0.2) is 16.9 Å². The van der Waals surface area contributed by atoms with E-state index in [2.05, 4.69) is 37.1 Å². The highest BCUT2D eigenvalue weighted by Gasteiger charge is 2.10. The Kier molecular flexibility index (Phi) is 3.13. The summed E-state index contributed by atoms with van der Waals surface area (Å²) in [5.41, 5.74) is 2.25.